The smallest absolute Gasteiger partial charge is 0.326 e. The van der Waals surface area contributed by atoms with Gasteiger partial charge >= 0.3 is 12.0 Å². The Balaban J connectivity index is 1.88. The summed E-state index contributed by atoms with van der Waals surface area (Å²) in [5.74, 6) is -0.749. The van der Waals surface area contributed by atoms with Crippen LogP contribution in [0.15, 0.2) is 0 Å². The molecule has 2 rings (SSSR count). The van der Waals surface area contributed by atoms with Crippen molar-refractivity contribution in [2.45, 2.75) is 72.3 Å². The highest BCUT2D eigenvalue weighted by Gasteiger charge is 2.53. The number of esters is 1. The van der Waals surface area contributed by atoms with Crippen LogP contribution in [-0.4, -0.2) is 54.0 Å². The van der Waals surface area contributed by atoms with E-state index in [1.165, 1.54) is 0 Å². The first kappa shape index (κ1) is 23.2. The maximum Gasteiger partial charge on any atom is 0.326 e. The van der Waals surface area contributed by atoms with Gasteiger partial charge < -0.3 is 15.4 Å². The number of nitrogens with one attached hydrogen (secondary N) is 2. The third-order valence-electron chi connectivity index (χ3n) is 6.46. The Bertz CT molecular complexity index is 651. The Hall–Kier alpha value is -2.12. The third kappa shape index (κ3) is 5.48. The first-order valence-corrected chi connectivity index (χ1v) is 10.6. The van der Waals surface area contributed by atoms with E-state index in [9.17, 15) is 19.2 Å². The molecule has 1 aliphatic heterocycles. The lowest BCUT2D eigenvalue weighted by molar-refractivity contribution is -0.151. The Morgan fingerprint density at radius 2 is 1.90 bits per heavy atom. The number of carbonyl (C=O) groups excluding carboxylic acids is 4. The Kier molecular flexibility index (Phi) is 7.30. The van der Waals surface area contributed by atoms with E-state index in [2.05, 4.69) is 31.4 Å². The molecule has 29 heavy (non-hydrogen) atoms. The SMILES string of the molecule is CCC(C)(C)C1CCC2(CC1)NC(=O)N(CC(=O)OCC(=O)NCC(C)C)C2=O. The molecular formula is C21H35N3O5. The van der Waals surface area contributed by atoms with Crippen LogP contribution in [0.1, 0.15) is 66.7 Å². The first-order chi connectivity index (χ1) is 13.5. The molecule has 1 aliphatic carbocycles. The fourth-order valence-corrected chi connectivity index (χ4v) is 4.03. The zero-order chi connectivity index (χ0) is 21.8. The number of nitrogens with zero attached hydrogens (tertiary/aromatic N) is 1. The molecule has 2 aliphatic rings. The van der Waals surface area contributed by atoms with Gasteiger partial charge in [0.2, 0.25) is 0 Å². The zero-order valence-electron chi connectivity index (χ0n) is 18.3. The zero-order valence-corrected chi connectivity index (χ0v) is 18.3. The largest absolute Gasteiger partial charge is 0.454 e. The van der Waals surface area contributed by atoms with E-state index < -0.39 is 36.6 Å². The van der Waals surface area contributed by atoms with E-state index in [4.69, 9.17) is 4.74 Å². The summed E-state index contributed by atoms with van der Waals surface area (Å²) in [4.78, 5) is 49.9. The molecule has 2 fully saturated rings. The van der Waals surface area contributed by atoms with Crippen LogP contribution in [0.4, 0.5) is 4.79 Å². The maximum absolute atomic E-state index is 12.9. The van der Waals surface area contributed by atoms with Crippen LogP contribution >= 0.6 is 0 Å². The van der Waals surface area contributed by atoms with E-state index in [1.54, 1.807) is 0 Å². The number of urea groups is 1. The van der Waals surface area contributed by atoms with E-state index in [1.807, 2.05) is 13.8 Å². The Morgan fingerprint density at radius 1 is 1.28 bits per heavy atom. The molecule has 2 N–H and O–H groups in total. The van der Waals surface area contributed by atoms with Crippen LogP contribution in [0.25, 0.3) is 0 Å². The number of amides is 4. The fourth-order valence-electron chi connectivity index (χ4n) is 4.03. The second-order valence-electron chi connectivity index (χ2n) is 9.38. The number of ether oxygens (including phenoxy) is 1. The lowest BCUT2D eigenvalue weighted by Gasteiger charge is -2.42. The van der Waals surface area contributed by atoms with Crippen molar-refractivity contribution < 1.29 is 23.9 Å². The maximum atomic E-state index is 12.9. The molecule has 0 atom stereocenters. The van der Waals surface area contributed by atoms with Crippen LogP contribution < -0.4 is 10.6 Å². The molecular weight excluding hydrogens is 374 g/mol. The number of hydrogen-bond acceptors (Lipinski definition) is 5. The molecule has 8 nitrogen and oxygen atoms in total. The molecule has 1 saturated carbocycles. The topological polar surface area (TPSA) is 105 Å². The Morgan fingerprint density at radius 3 is 2.45 bits per heavy atom. The lowest BCUT2D eigenvalue weighted by Crippen LogP contribution is -2.51. The van der Waals surface area contributed by atoms with Gasteiger partial charge in [0.05, 0.1) is 0 Å². The number of hydrogen-bond donors (Lipinski definition) is 2. The van der Waals surface area contributed by atoms with E-state index in [-0.39, 0.29) is 17.2 Å². The van der Waals surface area contributed by atoms with Crippen LogP contribution in [0, 0.1) is 17.3 Å². The van der Waals surface area contributed by atoms with Crippen molar-refractivity contribution in [3.63, 3.8) is 0 Å². The highest BCUT2D eigenvalue weighted by molar-refractivity contribution is 6.08. The van der Waals surface area contributed by atoms with Gasteiger partial charge in [0.1, 0.15) is 12.1 Å². The summed E-state index contributed by atoms with van der Waals surface area (Å²) in [7, 11) is 0. The standard InChI is InChI=1S/C21H35N3O5/c1-6-20(4,5)15-7-9-21(10-8-15)18(27)24(19(28)23-21)12-17(26)29-13-16(25)22-11-14(2)3/h14-15H,6-13H2,1-5H3,(H,22,25)(H,23,28). The molecule has 0 aromatic heterocycles. The van der Waals surface area contributed by atoms with Gasteiger partial charge in [-0.15, -0.1) is 0 Å². The predicted octanol–water partition coefficient (Wildman–Crippen LogP) is 2.22. The molecule has 0 aromatic carbocycles. The average molecular weight is 410 g/mol. The van der Waals surface area contributed by atoms with Crippen molar-refractivity contribution in [2.75, 3.05) is 19.7 Å². The van der Waals surface area contributed by atoms with Crippen LogP contribution in [0.3, 0.4) is 0 Å². The minimum Gasteiger partial charge on any atom is -0.454 e. The normalized spacial score (nSPS) is 24.8. The van der Waals surface area contributed by atoms with Gasteiger partial charge in [0.25, 0.3) is 11.8 Å². The molecule has 1 saturated heterocycles. The summed E-state index contributed by atoms with van der Waals surface area (Å²) in [6, 6.07) is -0.565. The monoisotopic (exact) mass is 409 g/mol. The number of carbonyl (C=O) groups is 4. The molecule has 164 valence electrons. The van der Waals surface area contributed by atoms with Gasteiger partial charge in [-0.1, -0.05) is 41.0 Å². The predicted molar refractivity (Wildman–Crippen MR) is 108 cm³/mol. The van der Waals surface area contributed by atoms with E-state index in [0.717, 1.165) is 24.2 Å². The second kappa shape index (κ2) is 9.13. The molecule has 4 amide bonds. The van der Waals surface area contributed by atoms with Crippen LogP contribution in [-0.2, 0) is 19.1 Å². The van der Waals surface area contributed by atoms with Crippen molar-refractivity contribution in [2.24, 2.45) is 17.3 Å². The number of imide groups is 1. The average Bonchev–Trinajstić information content (AvgIpc) is 2.89. The highest BCUT2D eigenvalue weighted by Crippen LogP contribution is 2.45. The van der Waals surface area contributed by atoms with Crippen molar-refractivity contribution in [1.29, 1.82) is 0 Å². The van der Waals surface area contributed by atoms with Crippen molar-refractivity contribution in [1.82, 2.24) is 15.5 Å². The van der Waals surface area contributed by atoms with E-state index >= 15 is 0 Å². The summed E-state index contributed by atoms with van der Waals surface area (Å²) < 4.78 is 4.92. The van der Waals surface area contributed by atoms with Gasteiger partial charge in [0.15, 0.2) is 6.61 Å². The lowest BCUT2D eigenvalue weighted by atomic mass is 9.65. The molecule has 0 unspecified atom stereocenters. The summed E-state index contributed by atoms with van der Waals surface area (Å²) >= 11 is 0. The summed E-state index contributed by atoms with van der Waals surface area (Å²) in [5.41, 5.74) is -0.709. The number of rotatable bonds is 8. The van der Waals surface area contributed by atoms with Crippen molar-refractivity contribution >= 4 is 23.8 Å². The Labute approximate surface area is 173 Å². The molecule has 8 heteroatoms. The molecule has 1 heterocycles. The molecule has 0 bridgehead atoms. The van der Waals surface area contributed by atoms with Gasteiger partial charge in [-0.25, -0.2) is 4.79 Å². The quantitative estimate of drug-likeness (QED) is 0.472. The van der Waals surface area contributed by atoms with Gasteiger partial charge in [-0.3, -0.25) is 19.3 Å². The minimum absolute atomic E-state index is 0.201. The first-order valence-electron chi connectivity index (χ1n) is 10.6. The third-order valence-corrected chi connectivity index (χ3v) is 6.46. The van der Waals surface area contributed by atoms with Crippen molar-refractivity contribution in [3.8, 4) is 0 Å². The second-order valence-corrected chi connectivity index (χ2v) is 9.38. The van der Waals surface area contributed by atoms with Crippen LogP contribution in [0.2, 0.25) is 0 Å². The minimum atomic E-state index is -0.910. The summed E-state index contributed by atoms with van der Waals surface area (Å²) in [5, 5.41) is 5.45. The van der Waals surface area contributed by atoms with E-state index in [0.29, 0.717) is 25.3 Å². The summed E-state index contributed by atoms with van der Waals surface area (Å²) in [6.07, 6.45) is 3.94. The molecule has 0 aromatic rings. The fraction of sp³-hybridized carbons (Fsp3) is 0.810. The highest BCUT2D eigenvalue weighted by atomic mass is 16.5. The van der Waals surface area contributed by atoms with Crippen LogP contribution in [0.5, 0.6) is 0 Å². The van der Waals surface area contributed by atoms with Crippen molar-refractivity contribution in [3.05, 3.63) is 0 Å². The van der Waals surface area contributed by atoms with Gasteiger partial charge in [-0.05, 0) is 42.9 Å². The molecule has 0 radical (unpaired) electrons. The van der Waals surface area contributed by atoms with Gasteiger partial charge in [0, 0.05) is 6.54 Å². The van der Waals surface area contributed by atoms with Gasteiger partial charge in [-0.2, -0.15) is 0 Å². The molecule has 1 spiro atoms. The summed E-state index contributed by atoms with van der Waals surface area (Å²) in [6.45, 7) is 10.1.